The van der Waals surface area contributed by atoms with E-state index in [0.717, 1.165) is 18.2 Å². The van der Waals surface area contributed by atoms with Crippen LogP contribution < -0.4 is 10.5 Å². The Morgan fingerprint density at radius 3 is 2.58 bits per heavy atom. The third kappa shape index (κ3) is 3.48. The van der Waals surface area contributed by atoms with Gasteiger partial charge in [-0.25, -0.2) is 0 Å². The number of rotatable bonds is 6. The van der Waals surface area contributed by atoms with Crippen molar-refractivity contribution in [3.63, 3.8) is 0 Å². The minimum atomic E-state index is 0.0656. The number of methoxy groups -OCH3 is 1. The molecule has 0 bridgehead atoms. The summed E-state index contributed by atoms with van der Waals surface area (Å²) >= 11 is 0. The number of ether oxygens (including phenoxy) is 1. The summed E-state index contributed by atoms with van der Waals surface area (Å²) in [7, 11) is 3.93. The van der Waals surface area contributed by atoms with Crippen molar-refractivity contribution in [2.45, 2.75) is 45.3 Å². The van der Waals surface area contributed by atoms with Gasteiger partial charge in [0.25, 0.3) is 0 Å². The number of hydrogen-bond acceptors (Lipinski definition) is 3. The van der Waals surface area contributed by atoms with E-state index in [2.05, 4.69) is 31.0 Å². The number of benzene rings is 1. The summed E-state index contributed by atoms with van der Waals surface area (Å²) in [4.78, 5) is 2.42. The van der Waals surface area contributed by atoms with Gasteiger partial charge in [0.05, 0.1) is 7.11 Å². The molecule has 1 aromatic carbocycles. The fraction of sp³-hybridized carbons (Fsp3) is 0.625. The average Bonchev–Trinajstić information content (AvgIpc) is 3.21. The van der Waals surface area contributed by atoms with Crippen LogP contribution in [0.25, 0.3) is 0 Å². The standard InChI is InChI=1S/C16H26N2O/c1-11(17)14-7-8-16(19-4)15(9-14)10-18(3)12(2)13-5-6-13/h7-9,11-13H,5-6,10,17H2,1-4H3. The van der Waals surface area contributed by atoms with E-state index in [1.807, 2.05) is 13.0 Å². The molecular weight excluding hydrogens is 236 g/mol. The van der Waals surface area contributed by atoms with Gasteiger partial charge in [-0.1, -0.05) is 6.07 Å². The molecule has 0 radical (unpaired) electrons. The first kappa shape index (κ1) is 14.4. The van der Waals surface area contributed by atoms with Crippen LogP contribution in [0, 0.1) is 5.92 Å². The van der Waals surface area contributed by atoms with Crippen molar-refractivity contribution in [3.05, 3.63) is 29.3 Å². The van der Waals surface area contributed by atoms with Gasteiger partial charge in [0.2, 0.25) is 0 Å². The molecule has 0 aromatic heterocycles. The maximum atomic E-state index is 5.97. The third-order valence-corrected chi connectivity index (χ3v) is 4.25. The minimum Gasteiger partial charge on any atom is -0.496 e. The predicted octanol–water partition coefficient (Wildman–Crippen LogP) is 2.95. The zero-order valence-corrected chi connectivity index (χ0v) is 12.5. The summed E-state index contributed by atoms with van der Waals surface area (Å²) in [6.07, 6.45) is 2.75. The molecular formula is C16H26N2O. The SMILES string of the molecule is COc1ccc(C(C)N)cc1CN(C)C(C)C1CC1. The molecule has 0 amide bonds. The summed E-state index contributed by atoms with van der Waals surface area (Å²) in [6, 6.07) is 6.97. The van der Waals surface area contributed by atoms with Crippen LogP contribution in [0.3, 0.4) is 0 Å². The molecule has 2 rings (SSSR count). The van der Waals surface area contributed by atoms with E-state index in [-0.39, 0.29) is 6.04 Å². The highest BCUT2D eigenvalue weighted by molar-refractivity contribution is 5.38. The van der Waals surface area contributed by atoms with Gasteiger partial charge in [-0.15, -0.1) is 0 Å². The average molecular weight is 262 g/mol. The normalized spacial score (nSPS) is 18.4. The molecule has 1 aliphatic carbocycles. The summed E-state index contributed by atoms with van der Waals surface area (Å²) in [5, 5.41) is 0. The van der Waals surface area contributed by atoms with E-state index >= 15 is 0 Å². The summed E-state index contributed by atoms with van der Waals surface area (Å²) < 4.78 is 5.47. The molecule has 0 heterocycles. The molecule has 2 N–H and O–H groups in total. The fourth-order valence-electron chi connectivity index (χ4n) is 2.56. The van der Waals surface area contributed by atoms with E-state index in [1.54, 1.807) is 7.11 Å². The monoisotopic (exact) mass is 262 g/mol. The Hall–Kier alpha value is -1.06. The molecule has 0 aliphatic heterocycles. The third-order valence-electron chi connectivity index (χ3n) is 4.25. The maximum absolute atomic E-state index is 5.97. The second kappa shape index (κ2) is 5.93. The Morgan fingerprint density at radius 1 is 1.37 bits per heavy atom. The lowest BCUT2D eigenvalue weighted by atomic mass is 10.0. The first-order valence-electron chi connectivity index (χ1n) is 7.15. The Bertz CT molecular complexity index is 427. The molecule has 19 heavy (non-hydrogen) atoms. The first-order chi connectivity index (χ1) is 9.02. The molecule has 1 aliphatic rings. The lowest BCUT2D eigenvalue weighted by molar-refractivity contribution is 0.223. The highest BCUT2D eigenvalue weighted by Gasteiger charge is 2.30. The van der Waals surface area contributed by atoms with Crippen LogP contribution in [-0.2, 0) is 6.54 Å². The van der Waals surface area contributed by atoms with Crippen molar-refractivity contribution in [3.8, 4) is 5.75 Å². The molecule has 1 aromatic rings. The molecule has 3 nitrogen and oxygen atoms in total. The lowest BCUT2D eigenvalue weighted by Gasteiger charge is -2.26. The molecule has 106 valence electrons. The van der Waals surface area contributed by atoms with E-state index in [0.29, 0.717) is 6.04 Å². The Labute approximate surface area is 116 Å². The predicted molar refractivity (Wildman–Crippen MR) is 79.2 cm³/mol. The molecule has 0 saturated heterocycles. The van der Waals surface area contributed by atoms with Gasteiger partial charge in [0, 0.05) is 24.2 Å². The van der Waals surface area contributed by atoms with Gasteiger partial charge in [-0.2, -0.15) is 0 Å². The summed E-state index contributed by atoms with van der Waals surface area (Å²) in [6.45, 7) is 5.25. The number of hydrogen-bond donors (Lipinski definition) is 1. The molecule has 2 atom stereocenters. The van der Waals surface area contributed by atoms with E-state index in [4.69, 9.17) is 10.5 Å². The van der Waals surface area contributed by atoms with Crippen LogP contribution in [0.1, 0.15) is 43.9 Å². The van der Waals surface area contributed by atoms with Gasteiger partial charge in [0.15, 0.2) is 0 Å². The summed E-state index contributed by atoms with van der Waals surface area (Å²) in [5.41, 5.74) is 8.37. The maximum Gasteiger partial charge on any atom is 0.123 e. The molecule has 1 saturated carbocycles. The first-order valence-corrected chi connectivity index (χ1v) is 7.15. The van der Waals surface area contributed by atoms with Crippen LogP contribution in [-0.4, -0.2) is 25.1 Å². The van der Waals surface area contributed by atoms with Crippen LogP contribution in [0.4, 0.5) is 0 Å². The van der Waals surface area contributed by atoms with Gasteiger partial charge in [-0.3, -0.25) is 4.90 Å². The lowest BCUT2D eigenvalue weighted by Crippen LogP contribution is -2.30. The second-order valence-corrected chi connectivity index (χ2v) is 5.85. The Morgan fingerprint density at radius 2 is 2.05 bits per heavy atom. The van der Waals surface area contributed by atoms with Crippen molar-refractivity contribution in [2.24, 2.45) is 11.7 Å². The van der Waals surface area contributed by atoms with Crippen LogP contribution in [0.15, 0.2) is 18.2 Å². The zero-order valence-electron chi connectivity index (χ0n) is 12.5. The second-order valence-electron chi connectivity index (χ2n) is 5.85. The molecule has 0 spiro atoms. The van der Waals surface area contributed by atoms with Crippen molar-refractivity contribution in [1.29, 1.82) is 0 Å². The van der Waals surface area contributed by atoms with Crippen LogP contribution in [0.2, 0.25) is 0 Å². The van der Waals surface area contributed by atoms with Crippen molar-refractivity contribution < 1.29 is 4.74 Å². The largest absolute Gasteiger partial charge is 0.496 e. The van der Waals surface area contributed by atoms with Crippen molar-refractivity contribution >= 4 is 0 Å². The van der Waals surface area contributed by atoms with E-state index < -0.39 is 0 Å². The Kier molecular flexibility index (Phi) is 4.48. The smallest absolute Gasteiger partial charge is 0.123 e. The molecule has 2 unspecified atom stereocenters. The van der Waals surface area contributed by atoms with Gasteiger partial charge < -0.3 is 10.5 Å². The highest BCUT2D eigenvalue weighted by atomic mass is 16.5. The van der Waals surface area contributed by atoms with E-state index in [9.17, 15) is 0 Å². The van der Waals surface area contributed by atoms with Crippen molar-refractivity contribution in [2.75, 3.05) is 14.2 Å². The number of nitrogens with zero attached hydrogens (tertiary/aromatic N) is 1. The van der Waals surface area contributed by atoms with Gasteiger partial charge in [0.1, 0.15) is 5.75 Å². The Balaban J connectivity index is 2.14. The van der Waals surface area contributed by atoms with Gasteiger partial charge in [-0.05, 0) is 57.4 Å². The summed E-state index contributed by atoms with van der Waals surface area (Å²) in [5.74, 6) is 1.84. The highest BCUT2D eigenvalue weighted by Crippen LogP contribution is 2.35. The van der Waals surface area contributed by atoms with Crippen LogP contribution in [0.5, 0.6) is 5.75 Å². The van der Waals surface area contributed by atoms with Gasteiger partial charge >= 0.3 is 0 Å². The zero-order chi connectivity index (χ0) is 14.0. The molecule has 3 heteroatoms. The minimum absolute atomic E-state index is 0.0656. The van der Waals surface area contributed by atoms with E-state index in [1.165, 1.54) is 24.0 Å². The fourth-order valence-corrected chi connectivity index (χ4v) is 2.56. The van der Waals surface area contributed by atoms with Crippen LogP contribution >= 0.6 is 0 Å². The quantitative estimate of drug-likeness (QED) is 0.856. The van der Waals surface area contributed by atoms with Crippen molar-refractivity contribution in [1.82, 2.24) is 4.90 Å². The number of nitrogens with two attached hydrogens (primary N) is 1. The molecule has 1 fully saturated rings. The topological polar surface area (TPSA) is 38.5 Å².